The summed E-state index contributed by atoms with van der Waals surface area (Å²) in [7, 11) is 0. The molecule has 18 heavy (non-hydrogen) atoms. The van der Waals surface area contributed by atoms with Crippen LogP contribution in [0.15, 0.2) is 30.2 Å². The highest BCUT2D eigenvalue weighted by molar-refractivity contribution is 7.09. The van der Waals surface area contributed by atoms with E-state index in [0.29, 0.717) is 6.42 Å². The number of hydrogen-bond donors (Lipinski definition) is 2. The first-order valence-corrected chi connectivity index (χ1v) is 6.67. The number of carboxylic acid groups (broad SMARTS) is 1. The van der Waals surface area contributed by atoms with Gasteiger partial charge in [-0.1, -0.05) is 12.1 Å². The van der Waals surface area contributed by atoms with Gasteiger partial charge in [0.2, 0.25) is 5.91 Å². The molecule has 0 bridgehead atoms. The lowest BCUT2D eigenvalue weighted by atomic mass is 10.1. The van der Waals surface area contributed by atoms with Crippen LogP contribution in [0.2, 0.25) is 0 Å². The van der Waals surface area contributed by atoms with Crippen LogP contribution in [-0.4, -0.2) is 23.0 Å². The lowest BCUT2D eigenvalue weighted by Gasteiger charge is -2.12. The number of hydrogen-bond acceptors (Lipinski definition) is 3. The molecule has 1 aromatic heterocycles. The van der Waals surface area contributed by atoms with Crippen molar-refractivity contribution in [1.82, 2.24) is 5.32 Å². The minimum absolute atomic E-state index is 0.221. The molecule has 0 fully saturated rings. The summed E-state index contributed by atoms with van der Waals surface area (Å²) in [5, 5.41) is 13.4. The van der Waals surface area contributed by atoms with Crippen molar-refractivity contribution in [2.24, 2.45) is 0 Å². The van der Waals surface area contributed by atoms with E-state index in [1.165, 1.54) is 11.0 Å². The molecule has 1 unspecified atom stereocenters. The summed E-state index contributed by atoms with van der Waals surface area (Å²) >= 11 is 1.66. The van der Waals surface area contributed by atoms with Crippen LogP contribution in [0.4, 0.5) is 0 Å². The van der Waals surface area contributed by atoms with Crippen LogP contribution in [0.25, 0.3) is 0 Å². The van der Waals surface area contributed by atoms with E-state index in [-0.39, 0.29) is 12.3 Å². The third-order valence-corrected chi connectivity index (χ3v) is 3.38. The minimum Gasteiger partial charge on any atom is -0.480 e. The normalized spacial score (nSPS) is 11.8. The van der Waals surface area contributed by atoms with Gasteiger partial charge in [0.05, 0.1) is 0 Å². The van der Waals surface area contributed by atoms with E-state index in [4.69, 9.17) is 5.11 Å². The number of rotatable bonds is 8. The molecule has 0 saturated heterocycles. The first kappa shape index (κ1) is 14.4. The summed E-state index contributed by atoms with van der Waals surface area (Å²) in [5.41, 5.74) is 0. The van der Waals surface area contributed by atoms with Crippen LogP contribution in [0.1, 0.15) is 24.1 Å². The number of amides is 1. The number of carbonyl (C=O) groups excluding carboxylic acids is 1. The molecule has 1 rings (SSSR count). The molecule has 0 aromatic carbocycles. The van der Waals surface area contributed by atoms with E-state index in [9.17, 15) is 9.59 Å². The predicted octanol–water partition coefficient (Wildman–Crippen LogP) is 2.22. The fraction of sp³-hybridized carbons (Fsp3) is 0.385. The molecule has 1 atom stereocenters. The van der Waals surface area contributed by atoms with Crippen molar-refractivity contribution in [3.8, 4) is 0 Å². The van der Waals surface area contributed by atoms with E-state index < -0.39 is 12.0 Å². The van der Waals surface area contributed by atoms with Crippen molar-refractivity contribution >= 4 is 23.2 Å². The first-order chi connectivity index (χ1) is 8.63. The Morgan fingerprint density at radius 2 is 2.33 bits per heavy atom. The summed E-state index contributed by atoms with van der Waals surface area (Å²) in [4.78, 5) is 23.6. The van der Waals surface area contributed by atoms with Gasteiger partial charge >= 0.3 is 5.97 Å². The SMILES string of the molecule is C=CCC(NC(=O)CCCc1cccs1)C(=O)O. The molecule has 0 spiro atoms. The third-order valence-electron chi connectivity index (χ3n) is 2.44. The van der Waals surface area contributed by atoms with Crippen molar-refractivity contribution in [2.75, 3.05) is 0 Å². The fourth-order valence-corrected chi connectivity index (χ4v) is 2.28. The highest BCUT2D eigenvalue weighted by Crippen LogP contribution is 2.11. The maximum absolute atomic E-state index is 11.6. The molecule has 0 radical (unpaired) electrons. The third kappa shape index (κ3) is 5.14. The number of carboxylic acids is 1. The van der Waals surface area contributed by atoms with Crippen molar-refractivity contribution in [3.63, 3.8) is 0 Å². The first-order valence-electron chi connectivity index (χ1n) is 5.79. The van der Waals surface area contributed by atoms with E-state index in [1.54, 1.807) is 11.3 Å². The standard InChI is InChI=1S/C13H17NO3S/c1-2-5-11(13(16)17)14-12(15)8-3-6-10-7-4-9-18-10/h2,4,7,9,11H,1,3,5-6,8H2,(H,14,15)(H,16,17). The number of thiophene rings is 1. The van der Waals surface area contributed by atoms with Crippen LogP contribution < -0.4 is 5.32 Å². The summed E-state index contributed by atoms with van der Waals surface area (Å²) in [6.45, 7) is 3.47. The Bertz CT molecular complexity index is 400. The molecule has 0 aliphatic rings. The fourth-order valence-electron chi connectivity index (χ4n) is 1.53. The van der Waals surface area contributed by atoms with Gasteiger partial charge in [0.15, 0.2) is 0 Å². The van der Waals surface area contributed by atoms with Gasteiger partial charge in [-0.2, -0.15) is 0 Å². The number of carbonyl (C=O) groups is 2. The average Bonchev–Trinajstić information content (AvgIpc) is 2.81. The van der Waals surface area contributed by atoms with E-state index in [2.05, 4.69) is 11.9 Å². The van der Waals surface area contributed by atoms with Gasteiger partial charge in [-0.25, -0.2) is 4.79 Å². The smallest absolute Gasteiger partial charge is 0.326 e. The predicted molar refractivity (Wildman–Crippen MR) is 71.6 cm³/mol. The van der Waals surface area contributed by atoms with Gasteiger partial charge in [0.1, 0.15) is 6.04 Å². The zero-order valence-corrected chi connectivity index (χ0v) is 10.9. The molecule has 0 saturated carbocycles. The summed E-state index contributed by atoms with van der Waals surface area (Å²) in [6.07, 6.45) is 3.66. The van der Waals surface area contributed by atoms with Gasteiger partial charge in [-0.05, 0) is 30.7 Å². The molecule has 98 valence electrons. The molecule has 4 nitrogen and oxygen atoms in total. The average molecular weight is 267 g/mol. The molecule has 1 heterocycles. The zero-order chi connectivity index (χ0) is 13.4. The van der Waals surface area contributed by atoms with Crippen LogP contribution in [-0.2, 0) is 16.0 Å². The second-order valence-corrected chi connectivity index (χ2v) is 4.95. The molecular formula is C13H17NO3S. The van der Waals surface area contributed by atoms with E-state index >= 15 is 0 Å². The van der Waals surface area contributed by atoms with E-state index in [1.807, 2.05) is 17.5 Å². The Morgan fingerprint density at radius 1 is 1.56 bits per heavy atom. The zero-order valence-electron chi connectivity index (χ0n) is 10.1. The quantitative estimate of drug-likeness (QED) is 0.710. The van der Waals surface area contributed by atoms with Gasteiger partial charge in [-0.3, -0.25) is 4.79 Å². The Labute approximate surface area is 110 Å². The maximum atomic E-state index is 11.6. The highest BCUT2D eigenvalue weighted by Gasteiger charge is 2.17. The van der Waals surface area contributed by atoms with Crippen LogP contribution in [0.3, 0.4) is 0 Å². The lowest BCUT2D eigenvalue weighted by Crippen LogP contribution is -2.40. The lowest BCUT2D eigenvalue weighted by molar-refractivity contribution is -0.141. The largest absolute Gasteiger partial charge is 0.480 e. The number of aliphatic carboxylic acids is 1. The van der Waals surface area contributed by atoms with Crippen molar-refractivity contribution in [2.45, 2.75) is 31.7 Å². The number of aryl methyl sites for hydroxylation is 1. The van der Waals surface area contributed by atoms with Crippen LogP contribution in [0, 0.1) is 0 Å². The monoisotopic (exact) mass is 267 g/mol. The molecule has 1 aromatic rings. The number of nitrogens with one attached hydrogen (secondary N) is 1. The van der Waals surface area contributed by atoms with E-state index in [0.717, 1.165) is 12.8 Å². The summed E-state index contributed by atoms with van der Waals surface area (Å²) in [5.74, 6) is -1.25. The van der Waals surface area contributed by atoms with Crippen LogP contribution in [0.5, 0.6) is 0 Å². The second kappa shape index (κ2) is 7.66. The molecule has 0 aliphatic carbocycles. The Kier molecular flexibility index (Phi) is 6.14. The van der Waals surface area contributed by atoms with Crippen molar-refractivity contribution < 1.29 is 14.7 Å². The Hall–Kier alpha value is -1.62. The minimum atomic E-state index is -1.03. The molecule has 5 heteroatoms. The van der Waals surface area contributed by atoms with Gasteiger partial charge < -0.3 is 10.4 Å². The van der Waals surface area contributed by atoms with Crippen molar-refractivity contribution in [1.29, 1.82) is 0 Å². The molecule has 0 aliphatic heterocycles. The summed E-state index contributed by atoms with van der Waals surface area (Å²) in [6, 6.07) is 3.14. The Morgan fingerprint density at radius 3 is 2.89 bits per heavy atom. The second-order valence-electron chi connectivity index (χ2n) is 3.92. The van der Waals surface area contributed by atoms with Gasteiger partial charge in [0, 0.05) is 11.3 Å². The van der Waals surface area contributed by atoms with Gasteiger partial charge in [-0.15, -0.1) is 17.9 Å². The highest BCUT2D eigenvalue weighted by atomic mass is 32.1. The van der Waals surface area contributed by atoms with Gasteiger partial charge in [0.25, 0.3) is 0 Å². The van der Waals surface area contributed by atoms with Crippen molar-refractivity contribution in [3.05, 3.63) is 35.0 Å². The van der Waals surface area contributed by atoms with Crippen LogP contribution >= 0.6 is 11.3 Å². The summed E-state index contributed by atoms with van der Waals surface area (Å²) < 4.78 is 0. The topological polar surface area (TPSA) is 66.4 Å². The Balaban J connectivity index is 2.27. The molecule has 1 amide bonds. The molecular weight excluding hydrogens is 250 g/mol. The maximum Gasteiger partial charge on any atom is 0.326 e. The molecule has 2 N–H and O–H groups in total.